The van der Waals surface area contributed by atoms with Crippen molar-refractivity contribution in [3.05, 3.63) is 53.6 Å². The van der Waals surface area contributed by atoms with Crippen LogP contribution in [-0.4, -0.2) is 18.7 Å². The summed E-state index contributed by atoms with van der Waals surface area (Å²) in [5, 5.41) is 2.95. The molecule has 0 saturated carbocycles. The SMILES string of the molecule is Cc1ccc(NC(=O)N2C[C@@H](C)Oc3ccc(C)cc32)cc1. The Labute approximate surface area is 130 Å². The van der Waals surface area contributed by atoms with Crippen LogP contribution in [-0.2, 0) is 0 Å². The van der Waals surface area contributed by atoms with Crippen LogP contribution >= 0.6 is 0 Å². The topological polar surface area (TPSA) is 41.6 Å². The Hall–Kier alpha value is -2.49. The fourth-order valence-corrected chi connectivity index (χ4v) is 2.57. The zero-order valence-corrected chi connectivity index (χ0v) is 13.1. The number of fused-ring (bicyclic) bond motifs is 1. The number of anilines is 2. The number of hydrogen-bond acceptors (Lipinski definition) is 2. The molecule has 4 nitrogen and oxygen atoms in total. The molecule has 1 heterocycles. The predicted octanol–water partition coefficient (Wildman–Crippen LogP) is 4.12. The van der Waals surface area contributed by atoms with Gasteiger partial charge in [-0.15, -0.1) is 0 Å². The molecule has 2 aromatic rings. The second kappa shape index (κ2) is 5.72. The summed E-state index contributed by atoms with van der Waals surface area (Å²) in [6.45, 7) is 6.53. The van der Waals surface area contributed by atoms with Gasteiger partial charge in [-0.05, 0) is 50.6 Å². The van der Waals surface area contributed by atoms with E-state index in [1.165, 1.54) is 5.56 Å². The number of carbonyl (C=O) groups is 1. The molecule has 1 aliphatic rings. The van der Waals surface area contributed by atoms with Gasteiger partial charge in [0.15, 0.2) is 0 Å². The lowest BCUT2D eigenvalue weighted by molar-refractivity contribution is 0.208. The zero-order chi connectivity index (χ0) is 15.7. The first-order valence-corrected chi connectivity index (χ1v) is 7.45. The fourth-order valence-electron chi connectivity index (χ4n) is 2.57. The number of hydrogen-bond donors (Lipinski definition) is 1. The monoisotopic (exact) mass is 296 g/mol. The first-order chi connectivity index (χ1) is 10.5. The highest BCUT2D eigenvalue weighted by Crippen LogP contribution is 2.34. The number of nitrogens with one attached hydrogen (secondary N) is 1. The van der Waals surface area contributed by atoms with Crippen molar-refractivity contribution in [2.45, 2.75) is 26.9 Å². The largest absolute Gasteiger partial charge is 0.487 e. The molecule has 1 aliphatic heterocycles. The molecule has 0 aromatic heterocycles. The second-order valence-electron chi connectivity index (χ2n) is 5.81. The van der Waals surface area contributed by atoms with Crippen LogP contribution in [0.2, 0.25) is 0 Å². The molecular formula is C18H20N2O2. The van der Waals surface area contributed by atoms with E-state index in [9.17, 15) is 4.79 Å². The fraction of sp³-hybridized carbons (Fsp3) is 0.278. The minimum absolute atomic E-state index is 0.0287. The Kier molecular flexibility index (Phi) is 3.75. The minimum Gasteiger partial charge on any atom is -0.487 e. The molecule has 3 rings (SSSR count). The van der Waals surface area contributed by atoms with E-state index in [2.05, 4.69) is 5.32 Å². The van der Waals surface area contributed by atoms with E-state index in [4.69, 9.17) is 4.74 Å². The van der Waals surface area contributed by atoms with Crippen molar-refractivity contribution in [2.75, 3.05) is 16.8 Å². The van der Waals surface area contributed by atoms with E-state index in [0.29, 0.717) is 6.54 Å². The van der Waals surface area contributed by atoms with Gasteiger partial charge in [0.1, 0.15) is 11.9 Å². The van der Waals surface area contributed by atoms with Crippen LogP contribution in [0.25, 0.3) is 0 Å². The third kappa shape index (κ3) is 2.91. The molecule has 2 amide bonds. The second-order valence-corrected chi connectivity index (χ2v) is 5.81. The van der Waals surface area contributed by atoms with Gasteiger partial charge in [-0.2, -0.15) is 0 Å². The Morgan fingerprint density at radius 3 is 2.55 bits per heavy atom. The molecule has 0 unspecified atom stereocenters. The summed E-state index contributed by atoms with van der Waals surface area (Å²) in [6.07, 6.45) is -0.0287. The predicted molar refractivity (Wildman–Crippen MR) is 88.8 cm³/mol. The van der Waals surface area contributed by atoms with Crippen molar-refractivity contribution in [3.8, 4) is 5.75 Å². The molecular weight excluding hydrogens is 276 g/mol. The van der Waals surface area contributed by atoms with Crippen molar-refractivity contribution in [1.82, 2.24) is 0 Å². The Morgan fingerprint density at radius 2 is 1.82 bits per heavy atom. The lowest BCUT2D eigenvalue weighted by Crippen LogP contribution is -2.44. The molecule has 1 atom stereocenters. The van der Waals surface area contributed by atoms with Gasteiger partial charge in [-0.3, -0.25) is 4.90 Å². The molecule has 0 bridgehead atoms. The summed E-state index contributed by atoms with van der Waals surface area (Å²) < 4.78 is 5.81. The highest BCUT2D eigenvalue weighted by atomic mass is 16.5. The highest BCUT2D eigenvalue weighted by Gasteiger charge is 2.27. The number of aryl methyl sites for hydroxylation is 2. The number of rotatable bonds is 1. The normalized spacial score (nSPS) is 16.7. The minimum atomic E-state index is -0.133. The van der Waals surface area contributed by atoms with Gasteiger partial charge in [-0.1, -0.05) is 23.8 Å². The molecule has 0 radical (unpaired) electrons. The summed E-state index contributed by atoms with van der Waals surface area (Å²) >= 11 is 0. The summed E-state index contributed by atoms with van der Waals surface area (Å²) in [5.41, 5.74) is 3.88. The third-order valence-corrected chi connectivity index (χ3v) is 3.72. The van der Waals surface area contributed by atoms with Crippen LogP contribution in [0.1, 0.15) is 18.1 Å². The number of ether oxygens (including phenoxy) is 1. The maximum Gasteiger partial charge on any atom is 0.326 e. The van der Waals surface area contributed by atoms with Crippen molar-refractivity contribution in [3.63, 3.8) is 0 Å². The van der Waals surface area contributed by atoms with Crippen molar-refractivity contribution >= 4 is 17.4 Å². The van der Waals surface area contributed by atoms with Gasteiger partial charge in [0, 0.05) is 5.69 Å². The van der Waals surface area contributed by atoms with E-state index in [0.717, 1.165) is 22.7 Å². The number of benzene rings is 2. The maximum absolute atomic E-state index is 12.6. The lowest BCUT2D eigenvalue weighted by Gasteiger charge is -2.33. The van der Waals surface area contributed by atoms with Gasteiger partial charge in [-0.25, -0.2) is 4.79 Å². The molecule has 0 fully saturated rings. The van der Waals surface area contributed by atoms with Crippen LogP contribution < -0.4 is 15.0 Å². The quantitative estimate of drug-likeness (QED) is 0.860. The van der Waals surface area contributed by atoms with E-state index in [-0.39, 0.29) is 12.1 Å². The van der Waals surface area contributed by atoms with Gasteiger partial charge >= 0.3 is 6.03 Å². The number of carbonyl (C=O) groups excluding carboxylic acids is 1. The van der Waals surface area contributed by atoms with Crippen LogP contribution in [0.3, 0.4) is 0 Å². The lowest BCUT2D eigenvalue weighted by atomic mass is 10.1. The average molecular weight is 296 g/mol. The molecule has 114 valence electrons. The smallest absolute Gasteiger partial charge is 0.326 e. The maximum atomic E-state index is 12.6. The van der Waals surface area contributed by atoms with Crippen LogP contribution in [0.5, 0.6) is 5.75 Å². The number of nitrogens with zero attached hydrogens (tertiary/aromatic N) is 1. The van der Waals surface area contributed by atoms with Crippen LogP contribution in [0.15, 0.2) is 42.5 Å². The van der Waals surface area contributed by atoms with Gasteiger partial charge in [0.2, 0.25) is 0 Å². The summed E-state index contributed by atoms with van der Waals surface area (Å²) in [4.78, 5) is 14.4. The van der Waals surface area contributed by atoms with Crippen LogP contribution in [0.4, 0.5) is 16.2 Å². The Balaban J connectivity index is 1.86. The number of urea groups is 1. The standard InChI is InChI=1S/C18H20N2O2/c1-12-4-7-15(8-5-12)19-18(21)20-11-14(3)22-17-9-6-13(2)10-16(17)20/h4-10,14H,11H2,1-3H3,(H,19,21)/t14-/m1/s1. The van der Waals surface area contributed by atoms with Gasteiger partial charge in [0.05, 0.1) is 12.2 Å². The average Bonchev–Trinajstić information content (AvgIpc) is 2.49. The van der Waals surface area contributed by atoms with E-state index < -0.39 is 0 Å². The Morgan fingerprint density at radius 1 is 1.14 bits per heavy atom. The van der Waals surface area contributed by atoms with Crippen molar-refractivity contribution < 1.29 is 9.53 Å². The van der Waals surface area contributed by atoms with Crippen molar-refractivity contribution in [1.29, 1.82) is 0 Å². The molecule has 1 N–H and O–H groups in total. The molecule has 0 saturated heterocycles. The number of amides is 2. The third-order valence-electron chi connectivity index (χ3n) is 3.72. The molecule has 0 aliphatic carbocycles. The highest BCUT2D eigenvalue weighted by molar-refractivity contribution is 6.03. The van der Waals surface area contributed by atoms with Crippen LogP contribution in [0, 0.1) is 13.8 Å². The summed E-state index contributed by atoms with van der Waals surface area (Å²) in [7, 11) is 0. The molecule has 2 aromatic carbocycles. The molecule has 22 heavy (non-hydrogen) atoms. The Bertz CT molecular complexity index is 695. The first-order valence-electron chi connectivity index (χ1n) is 7.45. The first kappa shape index (κ1) is 14.4. The zero-order valence-electron chi connectivity index (χ0n) is 13.1. The van der Waals surface area contributed by atoms with E-state index in [1.54, 1.807) is 4.90 Å². The summed E-state index contributed by atoms with van der Waals surface area (Å²) in [6, 6.07) is 13.6. The summed E-state index contributed by atoms with van der Waals surface area (Å²) in [5.74, 6) is 0.753. The van der Waals surface area contributed by atoms with E-state index in [1.807, 2.05) is 63.2 Å². The van der Waals surface area contributed by atoms with E-state index >= 15 is 0 Å². The van der Waals surface area contributed by atoms with Gasteiger partial charge in [0.25, 0.3) is 0 Å². The molecule has 4 heteroatoms. The van der Waals surface area contributed by atoms with Crippen molar-refractivity contribution in [2.24, 2.45) is 0 Å². The van der Waals surface area contributed by atoms with Gasteiger partial charge < -0.3 is 10.1 Å². The molecule has 0 spiro atoms.